The predicted molar refractivity (Wildman–Crippen MR) is 85.0 cm³/mol. The normalized spacial score (nSPS) is 16.4. The van der Waals surface area contributed by atoms with Gasteiger partial charge in [0.15, 0.2) is 0 Å². The minimum atomic E-state index is -1.01. The number of amides is 1. The predicted octanol–water partition coefficient (Wildman–Crippen LogP) is 3.25. The van der Waals surface area contributed by atoms with Crippen LogP contribution in [-0.2, 0) is 15.6 Å². The second-order valence-electron chi connectivity index (χ2n) is 5.21. The zero-order chi connectivity index (χ0) is 14.4. The van der Waals surface area contributed by atoms with Gasteiger partial charge >= 0.3 is 0 Å². The summed E-state index contributed by atoms with van der Waals surface area (Å²) in [5, 5.41) is 2.96. The average molecular weight is 358 g/mol. The Balaban J connectivity index is 1.63. The molecule has 0 aliphatic heterocycles. The lowest BCUT2D eigenvalue weighted by Crippen LogP contribution is -2.32. The monoisotopic (exact) mass is 357 g/mol. The first kappa shape index (κ1) is 15.7. The Morgan fingerprint density at radius 1 is 1.30 bits per heavy atom. The van der Waals surface area contributed by atoms with Crippen LogP contribution in [0.3, 0.4) is 0 Å². The van der Waals surface area contributed by atoms with Gasteiger partial charge in [-0.3, -0.25) is 9.00 Å². The van der Waals surface area contributed by atoms with Gasteiger partial charge in [0.05, 0.1) is 10.8 Å². The molecule has 1 aromatic rings. The first-order valence-electron chi connectivity index (χ1n) is 7.06. The van der Waals surface area contributed by atoms with Crippen LogP contribution < -0.4 is 5.32 Å². The molecule has 1 unspecified atom stereocenters. The lowest BCUT2D eigenvalue weighted by molar-refractivity contribution is -0.121. The van der Waals surface area contributed by atoms with E-state index in [1.807, 2.05) is 24.3 Å². The third-order valence-electron chi connectivity index (χ3n) is 3.62. The van der Waals surface area contributed by atoms with Gasteiger partial charge < -0.3 is 5.32 Å². The standard InChI is InChI=1S/C15H20BrNO2S/c16-13-6-8-14(9-7-13)20(19)10-2-5-15(18)17-11-12-3-1-4-12/h6-9,12H,1-5,10-11H2,(H,17,18). The van der Waals surface area contributed by atoms with E-state index in [0.717, 1.165) is 15.9 Å². The molecule has 0 spiro atoms. The first-order chi connectivity index (χ1) is 9.65. The van der Waals surface area contributed by atoms with E-state index in [4.69, 9.17) is 0 Å². The van der Waals surface area contributed by atoms with Crippen LogP contribution in [0.15, 0.2) is 33.6 Å². The summed E-state index contributed by atoms with van der Waals surface area (Å²) in [6.45, 7) is 0.814. The van der Waals surface area contributed by atoms with Crippen LogP contribution in [0.2, 0.25) is 0 Å². The molecule has 0 saturated heterocycles. The quantitative estimate of drug-likeness (QED) is 0.813. The lowest BCUT2D eigenvalue weighted by atomic mass is 9.85. The summed E-state index contributed by atoms with van der Waals surface area (Å²) in [5.41, 5.74) is 0. The largest absolute Gasteiger partial charge is 0.356 e. The molecule has 20 heavy (non-hydrogen) atoms. The maximum atomic E-state index is 12.0. The van der Waals surface area contributed by atoms with Gasteiger partial charge in [-0.15, -0.1) is 0 Å². The van der Waals surface area contributed by atoms with E-state index in [1.165, 1.54) is 19.3 Å². The highest BCUT2D eigenvalue weighted by Gasteiger charge is 2.17. The Hall–Kier alpha value is -0.680. The fraction of sp³-hybridized carbons (Fsp3) is 0.533. The molecule has 1 aliphatic carbocycles. The van der Waals surface area contributed by atoms with Gasteiger partial charge in [0.1, 0.15) is 0 Å². The van der Waals surface area contributed by atoms with E-state index >= 15 is 0 Å². The molecular weight excluding hydrogens is 338 g/mol. The van der Waals surface area contributed by atoms with Crippen molar-refractivity contribution in [2.45, 2.75) is 37.0 Å². The van der Waals surface area contributed by atoms with E-state index in [1.54, 1.807) is 0 Å². The van der Waals surface area contributed by atoms with Gasteiger partial charge in [0.2, 0.25) is 5.91 Å². The number of carbonyl (C=O) groups is 1. The number of carbonyl (C=O) groups excluding carboxylic acids is 1. The zero-order valence-electron chi connectivity index (χ0n) is 11.4. The summed E-state index contributed by atoms with van der Waals surface area (Å²) in [7, 11) is -1.01. The van der Waals surface area contributed by atoms with Crippen molar-refractivity contribution < 1.29 is 9.00 Å². The molecule has 2 rings (SSSR count). The summed E-state index contributed by atoms with van der Waals surface area (Å²) < 4.78 is 13.0. The molecule has 110 valence electrons. The number of rotatable bonds is 7. The topological polar surface area (TPSA) is 46.2 Å². The minimum absolute atomic E-state index is 0.0877. The van der Waals surface area contributed by atoms with Crippen LogP contribution in [-0.4, -0.2) is 22.4 Å². The molecule has 1 aromatic carbocycles. The molecule has 0 aromatic heterocycles. The first-order valence-corrected chi connectivity index (χ1v) is 9.17. The molecule has 1 amide bonds. The van der Waals surface area contributed by atoms with Gasteiger partial charge in [0.25, 0.3) is 0 Å². The molecule has 0 radical (unpaired) electrons. The van der Waals surface area contributed by atoms with Gasteiger partial charge in [0, 0.05) is 28.1 Å². The van der Waals surface area contributed by atoms with Gasteiger partial charge in [-0.2, -0.15) is 0 Å². The number of nitrogens with one attached hydrogen (secondary N) is 1. The Kier molecular flexibility index (Phi) is 6.23. The molecular formula is C15H20BrNO2S. The maximum Gasteiger partial charge on any atom is 0.220 e. The summed E-state index contributed by atoms with van der Waals surface area (Å²) in [6.07, 6.45) is 4.92. The molecule has 0 bridgehead atoms. The van der Waals surface area contributed by atoms with Crippen molar-refractivity contribution in [2.75, 3.05) is 12.3 Å². The van der Waals surface area contributed by atoms with Crippen LogP contribution >= 0.6 is 15.9 Å². The molecule has 1 aliphatic rings. The van der Waals surface area contributed by atoms with Crippen LogP contribution in [0, 0.1) is 5.92 Å². The van der Waals surface area contributed by atoms with Crippen LogP contribution in [0.25, 0.3) is 0 Å². The van der Waals surface area contributed by atoms with Crippen molar-refractivity contribution in [2.24, 2.45) is 5.92 Å². The zero-order valence-corrected chi connectivity index (χ0v) is 13.8. The molecule has 1 atom stereocenters. The molecule has 3 nitrogen and oxygen atoms in total. The maximum absolute atomic E-state index is 12.0. The van der Waals surface area contributed by atoms with Crippen LogP contribution in [0.4, 0.5) is 0 Å². The van der Waals surface area contributed by atoms with Crippen LogP contribution in [0.1, 0.15) is 32.1 Å². The fourth-order valence-corrected chi connectivity index (χ4v) is 3.46. The van der Waals surface area contributed by atoms with Crippen molar-refractivity contribution in [3.8, 4) is 0 Å². The van der Waals surface area contributed by atoms with Gasteiger partial charge in [-0.25, -0.2) is 0 Å². The Morgan fingerprint density at radius 2 is 2.00 bits per heavy atom. The molecule has 1 N–H and O–H groups in total. The van der Waals surface area contributed by atoms with Crippen molar-refractivity contribution >= 4 is 32.6 Å². The second kappa shape index (κ2) is 7.93. The fourth-order valence-electron chi connectivity index (χ4n) is 2.11. The van der Waals surface area contributed by atoms with Crippen molar-refractivity contribution in [1.82, 2.24) is 5.32 Å². The summed E-state index contributed by atoms with van der Waals surface area (Å²) in [5.74, 6) is 1.32. The van der Waals surface area contributed by atoms with Crippen molar-refractivity contribution in [3.63, 3.8) is 0 Å². The highest BCUT2D eigenvalue weighted by atomic mass is 79.9. The molecule has 5 heteroatoms. The van der Waals surface area contributed by atoms with Gasteiger partial charge in [-0.1, -0.05) is 22.4 Å². The summed E-state index contributed by atoms with van der Waals surface area (Å²) in [6, 6.07) is 7.49. The van der Waals surface area contributed by atoms with E-state index in [0.29, 0.717) is 24.5 Å². The van der Waals surface area contributed by atoms with Crippen LogP contribution in [0.5, 0.6) is 0 Å². The Labute approximate surface area is 131 Å². The van der Waals surface area contributed by atoms with Crippen molar-refractivity contribution in [3.05, 3.63) is 28.7 Å². The Bertz CT molecular complexity index is 471. The number of hydrogen-bond acceptors (Lipinski definition) is 2. The summed E-state index contributed by atoms with van der Waals surface area (Å²) >= 11 is 3.35. The molecule has 1 saturated carbocycles. The third kappa shape index (κ3) is 5.02. The van der Waals surface area contributed by atoms with E-state index in [2.05, 4.69) is 21.2 Å². The molecule has 0 heterocycles. The molecule has 1 fully saturated rings. The average Bonchev–Trinajstić information content (AvgIpc) is 2.37. The second-order valence-corrected chi connectivity index (χ2v) is 7.69. The highest BCUT2D eigenvalue weighted by molar-refractivity contribution is 9.10. The smallest absolute Gasteiger partial charge is 0.220 e. The number of benzene rings is 1. The lowest BCUT2D eigenvalue weighted by Gasteiger charge is -2.25. The van der Waals surface area contributed by atoms with Crippen molar-refractivity contribution in [1.29, 1.82) is 0 Å². The summed E-state index contributed by atoms with van der Waals surface area (Å²) in [4.78, 5) is 12.5. The van der Waals surface area contributed by atoms with E-state index in [9.17, 15) is 9.00 Å². The van der Waals surface area contributed by atoms with E-state index in [-0.39, 0.29) is 5.91 Å². The number of halogens is 1. The van der Waals surface area contributed by atoms with Gasteiger partial charge in [-0.05, 0) is 49.4 Å². The highest BCUT2D eigenvalue weighted by Crippen LogP contribution is 2.25. The number of hydrogen-bond donors (Lipinski definition) is 1. The minimum Gasteiger partial charge on any atom is -0.356 e. The Morgan fingerprint density at radius 3 is 2.60 bits per heavy atom. The van der Waals surface area contributed by atoms with E-state index < -0.39 is 10.8 Å². The third-order valence-corrected chi connectivity index (χ3v) is 5.61. The SMILES string of the molecule is O=C(CCCS(=O)c1ccc(Br)cc1)NCC1CCC1.